The number of aromatic nitrogens is 2. The largest absolute Gasteiger partial charge is 0.394 e. The third-order valence-electron chi connectivity index (χ3n) is 7.07. The van der Waals surface area contributed by atoms with Crippen LogP contribution >= 0.6 is 11.8 Å². The predicted molar refractivity (Wildman–Crippen MR) is 193 cm³/mol. The SMILES string of the molecule is CS(=O)(=O)O.CS(=O)(=O)O.O=C(Nc1cccc(/C(=N/OCCN2CCOCC2)c2ccccc2)c1)c1ccn2c1CSC2c1cccnc1. The minimum atomic E-state index is -3.67. The normalized spacial score (nSPS) is 16.2. The van der Waals surface area contributed by atoms with Crippen molar-refractivity contribution >= 4 is 49.3 Å². The Morgan fingerprint density at radius 3 is 2.32 bits per heavy atom. The Balaban J connectivity index is 0.000000496. The molecule has 2 aromatic carbocycles. The third kappa shape index (κ3) is 13.0. The van der Waals surface area contributed by atoms with Crippen LogP contribution in [0, 0.1) is 0 Å². The second-order valence-corrected chi connectivity index (χ2v) is 15.1. The Hall–Kier alpha value is -4.10. The van der Waals surface area contributed by atoms with Crippen molar-refractivity contribution in [2.75, 3.05) is 57.3 Å². The van der Waals surface area contributed by atoms with Gasteiger partial charge in [0.2, 0.25) is 0 Å². The number of hydrogen-bond acceptors (Lipinski definition) is 11. The van der Waals surface area contributed by atoms with E-state index in [0.29, 0.717) is 30.4 Å². The number of nitrogens with one attached hydrogen (secondary N) is 1. The summed E-state index contributed by atoms with van der Waals surface area (Å²) in [5.41, 5.74) is 6.07. The number of oxime groups is 1. The van der Waals surface area contributed by atoms with Crippen LogP contribution in [0.3, 0.4) is 0 Å². The van der Waals surface area contributed by atoms with E-state index in [-0.39, 0.29) is 11.3 Å². The maximum absolute atomic E-state index is 13.4. The van der Waals surface area contributed by atoms with E-state index < -0.39 is 20.2 Å². The van der Waals surface area contributed by atoms with Crippen LogP contribution in [0.4, 0.5) is 5.69 Å². The molecule has 17 heteroatoms. The molecule has 1 fully saturated rings. The highest BCUT2D eigenvalue weighted by Crippen LogP contribution is 2.42. The summed E-state index contributed by atoms with van der Waals surface area (Å²) in [5.74, 6) is 0.639. The number of hydrogen-bond donors (Lipinski definition) is 3. The van der Waals surface area contributed by atoms with E-state index in [2.05, 4.69) is 31.0 Å². The van der Waals surface area contributed by atoms with E-state index in [1.165, 1.54) is 0 Å². The number of morpholine rings is 1. The molecule has 0 saturated carbocycles. The molecule has 0 bridgehead atoms. The number of anilines is 1. The van der Waals surface area contributed by atoms with Crippen molar-refractivity contribution in [3.05, 3.63) is 119 Å². The third-order valence-corrected chi connectivity index (χ3v) is 8.32. The summed E-state index contributed by atoms with van der Waals surface area (Å²) >= 11 is 1.80. The Morgan fingerprint density at radius 1 is 0.980 bits per heavy atom. The Bertz CT molecular complexity index is 1900. The van der Waals surface area contributed by atoms with Crippen LogP contribution in [0.25, 0.3) is 0 Å². The summed E-state index contributed by atoms with van der Waals surface area (Å²) in [6.45, 7) is 4.63. The summed E-state index contributed by atoms with van der Waals surface area (Å²) in [5, 5.41) is 7.76. The number of pyridine rings is 1. The molecule has 3 N–H and O–H groups in total. The van der Waals surface area contributed by atoms with Crippen LogP contribution in [0.15, 0.2) is 96.5 Å². The second-order valence-electron chi connectivity index (χ2n) is 11.1. The number of ether oxygens (including phenoxy) is 1. The lowest BCUT2D eigenvalue weighted by Crippen LogP contribution is -2.38. The minimum absolute atomic E-state index is 0.126. The van der Waals surface area contributed by atoms with E-state index >= 15 is 0 Å². The lowest BCUT2D eigenvalue weighted by Gasteiger charge is -2.25. The van der Waals surface area contributed by atoms with Gasteiger partial charge in [-0.2, -0.15) is 16.8 Å². The fourth-order valence-corrected chi connectivity index (χ4v) is 6.30. The molecule has 268 valence electrons. The van der Waals surface area contributed by atoms with Crippen LogP contribution in [0.5, 0.6) is 0 Å². The first-order valence-corrected chi connectivity index (χ1v) is 20.0. The Labute approximate surface area is 296 Å². The van der Waals surface area contributed by atoms with Gasteiger partial charge in [-0.3, -0.25) is 23.8 Å². The molecule has 2 aliphatic heterocycles. The van der Waals surface area contributed by atoms with Gasteiger partial charge < -0.3 is 19.5 Å². The number of amides is 1. The molecule has 14 nitrogen and oxygen atoms in total. The fourth-order valence-electron chi connectivity index (χ4n) is 4.99. The lowest BCUT2D eigenvalue weighted by molar-refractivity contribution is 0.0212. The van der Waals surface area contributed by atoms with Crippen LogP contribution in [0.1, 0.15) is 38.1 Å². The van der Waals surface area contributed by atoms with E-state index in [9.17, 15) is 21.6 Å². The van der Waals surface area contributed by atoms with Gasteiger partial charge >= 0.3 is 0 Å². The highest BCUT2D eigenvalue weighted by atomic mass is 32.2. The Morgan fingerprint density at radius 2 is 1.66 bits per heavy atom. The summed E-state index contributed by atoms with van der Waals surface area (Å²) in [4.78, 5) is 25.7. The van der Waals surface area contributed by atoms with Gasteiger partial charge in [-0.15, -0.1) is 11.8 Å². The first-order valence-electron chi connectivity index (χ1n) is 15.3. The maximum atomic E-state index is 13.4. The zero-order chi connectivity index (χ0) is 36.1. The molecule has 2 aromatic heterocycles. The molecule has 6 rings (SSSR count). The molecular weight excluding hydrogens is 707 g/mol. The first kappa shape index (κ1) is 38.7. The van der Waals surface area contributed by atoms with E-state index in [1.807, 2.05) is 79.1 Å². The van der Waals surface area contributed by atoms with Crippen molar-refractivity contribution in [3.63, 3.8) is 0 Å². The highest BCUT2D eigenvalue weighted by molar-refractivity contribution is 7.99. The van der Waals surface area contributed by atoms with Crippen LogP contribution in [-0.2, 0) is 35.6 Å². The molecule has 1 saturated heterocycles. The average Bonchev–Trinajstić information content (AvgIpc) is 3.68. The minimum Gasteiger partial charge on any atom is -0.394 e. The number of rotatable bonds is 9. The van der Waals surface area contributed by atoms with Gasteiger partial charge in [0.05, 0.1) is 31.3 Å². The van der Waals surface area contributed by atoms with Gasteiger partial charge in [0.1, 0.15) is 17.7 Å². The molecule has 1 unspecified atom stereocenters. The van der Waals surface area contributed by atoms with Crippen molar-refractivity contribution in [2.45, 2.75) is 11.1 Å². The quantitative estimate of drug-likeness (QED) is 0.0967. The zero-order valence-corrected chi connectivity index (χ0v) is 29.9. The fraction of sp³-hybridized carbons (Fsp3) is 0.303. The molecule has 0 aliphatic carbocycles. The van der Waals surface area contributed by atoms with Crippen molar-refractivity contribution in [1.82, 2.24) is 14.5 Å². The Kier molecular flexibility index (Phi) is 14.1. The predicted octanol–water partition coefficient (Wildman–Crippen LogP) is 4.04. The summed E-state index contributed by atoms with van der Waals surface area (Å²) in [6, 6.07) is 23.6. The maximum Gasteiger partial charge on any atom is 0.261 e. The van der Waals surface area contributed by atoms with Gasteiger partial charge in [-0.05, 0) is 24.3 Å². The van der Waals surface area contributed by atoms with Gasteiger partial charge in [0.25, 0.3) is 26.1 Å². The molecule has 4 heterocycles. The topological polar surface area (TPSA) is 190 Å². The number of benzene rings is 2. The summed E-state index contributed by atoms with van der Waals surface area (Å²) in [6.07, 6.45) is 7.08. The van der Waals surface area contributed by atoms with Gasteiger partial charge in [-0.1, -0.05) is 53.7 Å². The van der Waals surface area contributed by atoms with E-state index in [1.54, 1.807) is 18.0 Å². The van der Waals surface area contributed by atoms with Crippen LogP contribution < -0.4 is 5.32 Å². The summed E-state index contributed by atoms with van der Waals surface area (Å²) in [7, 11) is -7.33. The average molecular weight is 746 g/mol. The van der Waals surface area contributed by atoms with Crippen LogP contribution in [0.2, 0.25) is 0 Å². The highest BCUT2D eigenvalue weighted by Gasteiger charge is 2.28. The molecule has 0 spiro atoms. The van der Waals surface area contributed by atoms with Crippen molar-refractivity contribution in [3.8, 4) is 0 Å². The zero-order valence-electron chi connectivity index (χ0n) is 27.5. The standard InChI is InChI=1S/C31H31N5O3S.2CH4O3S/c37-30(27-11-13-36-28(27)22-40-31(36)25-9-5-12-32-21-25)33-26-10-4-8-24(20-26)29(23-6-2-1-3-7-23)34-39-19-16-35-14-17-38-18-15-35;2*1-5(2,3)4/h1-13,20-21,31H,14-19,22H2,(H,33,37);2*1H3,(H,2,3,4)/b34-29+;;. The summed E-state index contributed by atoms with van der Waals surface area (Å²) < 4.78 is 59.3. The molecule has 0 radical (unpaired) electrons. The number of carbonyl (C=O) groups is 1. The van der Waals surface area contributed by atoms with E-state index in [0.717, 1.165) is 66.7 Å². The molecular formula is C33H39N5O9S3. The number of nitrogens with zero attached hydrogens (tertiary/aromatic N) is 4. The molecule has 1 amide bonds. The smallest absolute Gasteiger partial charge is 0.261 e. The first-order chi connectivity index (χ1) is 23.8. The number of fused-ring (bicyclic) bond motifs is 1. The molecule has 2 aliphatic rings. The van der Waals surface area contributed by atoms with Gasteiger partial charge in [-0.25, -0.2) is 0 Å². The molecule has 50 heavy (non-hydrogen) atoms. The van der Waals surface area contributed by atoms with Gasteiger partial charge in [0.15, 0.2) is 0 Å². The number of carbonyl (C=O) groups excluding carboxylic acids is 1. The van der Waals surface area contributed by atoms with Crippen molar-refractivity contribution < 1.29 is 40.3 Å². The number of thioether (sulfide) groups is 1. The van der Waals surface area contributed by atoms with Crippen molar-refractivity contribution in [2.24, 2.45) is 5.16 Å². The van der Waals surface area contributed by atoms with Crippen molar-refractivity contribution in [1.29, 1.82) is 0 Å². The molecule has 1 atom stereocenters. The monoisotopic (exact) mass is 745 g/mol. The van der Waals surface area contributed by atoms with Crippen LogP contribution in [-0.4, -0.2) is 104 Å². The second kappa shape index (κ2) is 18.2. The lowest BCUT2D eigenvalue weighted by atomic mass is 10.0. The molecule has 4 aromatic rings. The van der Waals surface area contributed by atoms with Gasteiger partial charge in [0, 0.05) is 72.0 Å². The van der Waals surface area contributed by atoms with E-state index in [4.69, 9.17) is 18.7 Å².